The van der Waals surface area contributed by atoms with Crippen molar-refractivity contribution < 1.29 is 4.79 Å². The van der Waals surface area contributed by atoms with Gasteiger partial charge in [0.05, 0.1) is 27.0 Å². The maximum Gasteiger partial charge on any atom is 0.263 e. The molecular weight excluding hydrogens is 351 g/mol. The fourth-order valence-corrected chi connectivity index (χ4v) is 3.25. The third-order valence-corrected chi connectivity index (χ3v) is 4.89. The molecule has 0 radical (unpaired) electrons. The Balaban J connectivity index is 2.15. The molecule has 0 unspecified atom stereocenters. The molecule has 0 aliphatic heterocycles. The van der Waals surface area contributed by atoms with Gasteiger partial charge in [-0.1, -0.05) is 23.2 Å². The fraction of sp³-hybridized carbons (Fsp3) is 0.438. The number of primary amides is 1. The largest absolute Gasteiger partial charge is 0.370 e. The van der Waals surface area contributed by atoms with E-state index in [0.29, 0.717) is 40.3 Å². The first-order valence-corrected chi connectivity index (χ1v) is 8.58. The van der Waals surface area contributed by atoms with E-state index in [2.05, 4.69) is 4.98 Å². The monoisotopic (exact) mass is 368 g/mol. The van der Waals surface area contributed by atoms with Crippen LogP contribution in [0.1, 0.15) is 37.5 Å². The predicted octanol–water partition coefficient (Wildman–Crippen LogP) is 2.38. The number of carbonyl (C=O) groups excluding carboxylic acids is 1. The summed E-state index contributed by atoms with van der Waals surface area (Å²) in [5, 5.41) is 0.928. The summed E-state index contributed by atoms with van der Waals surface area (Å²) >= 11 is 12.4. The number of nitrogens with zero attached hydrogens (tertiary/aromatic N) is 2. The Morgan fingerprint density at radius 2 is 2.00 bits per heavy atom. The van der Waals surface area contributed by atoms with Crippen molar-refractivity contribution in [2.24, 2.45) is 17.4 Å². The minimum absolute atomic E-state index is 0.186. The number of hydrogen-bond donors (Lipinski definition) is 2. The van der Waals surface area contributed by atoms with Crippen LogP contribution in [0.2, 0.25) is 10.0 Å². The van der Waals surface area contributed by atoms with Crippen LogP contribution in [0, 0.1) is 5.92 Å². The van der Waals surface area contributed by atoms with Gasteiger partial charge in [0, 0.05) is 13.0 Å². The van der Waals surface area contributed by atoms with Crippen LogP contribution in [0.15, 0.2) is 16.9 Å². The van der Waals surface area contributed by atoms with Crippen LogP contribution in [-0.2, 0) is 11.3 Å². The average molecular weight is 369 g/mol. The summed E-state index contributed by atoms with van der Waals surface area (Å²) in [5.74, 6) is 0.393. The zero-order valence-corrected chi connectivity index (χ0v) is 14.5. The number of carbonyl (C=O) groups is 1. The maximum atomic E-state index is 13.0. The van der Waals surface area contributed by atoms with Crippen LogP contribution in [-0.4, -0.2) is 15.5 Å². The van der Waals surface area contributed by atoms with E-state index < -0.39 is 5.91 Å². The van der Waals surface area contributed by atoms with E-state index in [0.717, 1.165) is 12.8 Å². The molecule has 1 aromatic carbocycles. The number of benzene rings is 1. The summed E-state index contributed by atoms with van der Waals surface area (Å²) < 4.78 is 1.51. The van der Waals surface area contributed by atoms with Gasteiger partial charge in [-0.3, -0.25) is 14.2 Å². The maximum absolute atomic E-state index is 13.0. The summed E-state index contributed by atoms with van der Waals surface area (Å²) in [4.78, 5) is 28.5. The predicted molar refractivity (Wildman–Crippen MR) is 94.1 cm³/mol. The Morgan fingerprint density at radius 3 is 2.62 bits per heavy atom. The molecule has 1 amide bonds. The molecule has 1 fully saturated rings. The molecular formula is C16H18Cl2N4O2. The van der Waals surface area contributed by atoms with Gasteiger partial charge in [-0.2, -0.15) is 0 Å². The topological polar surface area (TPSA) is 104 Å². The van der Waals surface area contributed by atoms with E-state index in [9.17, 15) is 9.59 Å². The van der Waals surface area contributed by atoms with Gasteiger partial charge in [-0.15, -0.1) is 0 Å². The first kappa shape index (κ1) is 17.2. The highest BCUT2D eigenvalue weighted by atomic mass is 35.5. The van der Waals surface area contributed by atoms with Gasteiger partial charge in [0.2, 0.25) is 5.91 Å². The number of amides is 1. The lowest BCUT2D eigenvalue weighted by Crippen LogP contribution is -2.31. The number of rotatable bonds is 6. The fourth-order valence-electron chi connectivity index (χ4n) is 2.82. The van der Waals surface area contributed by atoms with Gasteiger partial charge >= 0.3 is 0 Å². The van der Waals surface area contributed by atoms with Crippen molar-refractivity contribution in [3.63, 3.8) is 0 Å². The van der Waals surface area contributed by atoms with E-state index in [1.54, 1.807) is 12.1 Å². The number of hydrogen-bond acceptors (Lipinski definition) is 4. The highest BCUT2D eigenvalue weighted by molar-refractivity contribution is 6.39. The standard InChI is InChI=1S/C16H18Cl2N4O2/c17-9-5-6-10(18)14-12(9)16(24)22(7-1-2-11(19)23)15(21-14)13(20)8-3-4-8/h5-6,8,13H,1-4,7,20H2,(H2,19,23)/t13-/m0/s1. The molecule has 1 aliphatic carbocycles. The first-order valence-electron chi connectivity index (χ1n) is 7.82. The molecule has 128 valence electrons. The Labute approximate surface area is 148 Å². The van der Waals surface area contributed by atoms with E-state index in [1.165, 1.54) is 4.57 Å². The second kappa shape index (κ2) is 6.70. The van der Waals surface area contributed by atoms with E-state index in [1.807, 2.05) is 0 Å². The SMILES string of the molecule is NC(=O)CCCn1c([C@@H](N)C2CC2)nc2c(Cl)ccc(Cl)c2c1=O. The van der Waals surface area contributed by atoms with Gasteiger partial charge in [0.25, 0.3) is 5.56 Å². The summed E-state index contributed by atoms with van der Waals surface area (Å²) in [7, 11) is 0. The summed E-state index contributed by atoms with van der Waals surface area (Å²) in [6.45, 7) is 0.309. The number of aromatic nitrogens is 2. The van der Waals surface area contributed by atoms with Crippen LogP contribution in [0.3, 0.4) is 0 Å². The molecule has 4 N–H and O–H groups in total. The van der Waals surface area contributed by atoms with Gasteiger partial charge in [0.15, 0.2) is 0 Å². The summed E-state index contributed by atoms with van der Waals surface area (Å²) in [5.41, 5.74) is 11.5. The molecule has 1 heterocycles. The smallest absolute Gasteiger partial charge is 0.263 e. The molecule has 0 bridgehead atoms. The zero-order valence-electron chi connectivity index (χ0n) is 13.0. The van der Waals surface area contributed by atoms with Crippen LogP contribution in [0.25, 0.3) is 10.9 Å². The van der Waals surface area contributed by atoms with Crippen molar-refractivity contribution in [1.82, 2.24) is 9.55 Å². The molecule has 1 aliphatic rings. The lowest BCUT2D eigenvalue weighted by atomic mass is 10.1. The van der Waals surface area contributed by atoms with Crippen molar-refractivity contribution >= 4 is 40.0 Å². The lowest BCUT2D eigenvalue weighted by Gasteiger charge is -2.18. The molecule has 3 rings (SSSR count). The van der Waals surface area contributed by atoms with E-state index in [4.69, 9.17) is 34.7 Å². The Morgan fingerprint density at radius 1 is 1.33 bits per heavy atom. The second-order valence-corrected chi connectivity index (χ2v) is 6.93. The molecule has 8 heteroatoms. The molecule has 1 saturated carbocycles. The van der Waals surface area contributed by atoms with Gasteiger partial charge < -0.3 is 11.5 Å². The molecule has 0 saturated heterocycles. The summed E-state index contributed by atoms with van der Waals surface area (Å²) in [6, 6.07) is 2.84. The minimum Gasteiger partial charge on any atom is -0.370 e. The van der Waals surface area contributed by atoms with Gasteiger partial charge in [-0.05, 0) is 37.3 Å². The van der Waals surface area contributed by atoms with Crippen molar-refractivity contribution in [1.29, 1.82) is 0 Å². The quantitative estimate of drug-likeness (QED) is 0.816. The zero-order chi connectivity index (χ0) is 17.4. The van der Waals surface area contributed by atoms with Crippen LogP contribution >= 0.6 is 23.2 Å². The highest BCUT2D eigenvalue weighted by Crippen LogP contribution is 2.39. The number of nitrogens with two attached hydrogens (primary N) is 2. The van der Waals surface area contributed by atoms with E-state index >= 15 is 0 Å². The minimum atomic E-state index is -0.411. The number of fused-ring (bicyclic) bond motifs is 1. The third kappa shape index (κ3) is 3.27. The number of halogens is 2. The molecule has 1 atom stereocenters. The van der Waals surface area contributed by atoms with Crippen LogP contribution in [0.5, 0.6) is 0 Å². The Kier molecular flexibility index (Phi) is 4.80. The van der Waals surface area contributed by atoms with Crippen molar-refractivity contribution in [3.8, 4) is 0 Å². The molecule has 0 spiro atoms. The van der Waals surface area contributed by atoms with Gasteiger partial charge in [-0.25, -0.2) is 4.98 Å². The highest BCUT2D eigenvalue weighted by Gasteiger charge is 2.33. The molecule has 1 aromatic heterocycles. The van der Waals surface area contributed by atoms with Crippen LogP contribution in [0.4, 0.5) is 0 Å². The van der Waals surface area contributed by atoms with Crippen molar-refractivity contribution in [2.75, 3.05) is 0 Å². The second-order valence-electron chi connectivity index (χ2n) is 6.11. The summed E-state index contributed by atoms with van der Waals surface area (Å²) in [6.07, 6.45) is 2.65. The third-order valence-electron chi connectivity index (χ3n) is 4.27. The first-order chi connectivity index (χ1) is 11.4. The Hall–Kier alpha value is -1.63. The Bertz CT molecular complexity index is 861. The average Bonchev–Trinajstić information content (AvgIpc) is 3.36. The van der Waals surface area contributed by atoms with Crippen molar-refractivity contribution in [2.45, 2.75) is 38.3 Å². The normalized spacial score (nSPS) is 15.6. The van der Waals surface area contributed by atoms with Gasteiger partial charge in [0.1, 0.15) is 5.82 Å². The van der Waals surface area contributed by atoms with Crippen molar-refractivity contribution in [3.05, 3.63) is 38.4 Å². The molecule has 2 aromatic rings. The molecule has 6 nitrogen and oxygen atoms in total. The van der Waals surface area contributed by atoms with E-state index in [-0.39, 0.29) is 23.4 Å². The lowest BCUT2D eigenvalue weighted by molar-refractivity contribution is -0.118. The molecule has 24 heavy (non-hydrogen) atoms. The van der Waals surface area contributed by atoms with Crippen LogP contribution < -0.4 is 17.0 Å².